The average molecular weight is 314 g/mol. The molecule has 0 unspecified atom stereocenters. The summed E-state index contributed by atoms with van der Waals surface area (Å²) >= 11 is 0. The molecular formula is C19H26N2O2. The van der Waals surface area contributed by atoms with Crippen LogP contribution in [0.3, 0.4) is 0 Å². The summed E-state index contributed by atoms with van der Waals surface area (Å²) < 4.78 is 0. The zero-order chi connectivity index (χ0) is 16.1. The van der Waals surface area contributed by atoms with Crippen LogP contribution in [0.15, 0.2) is 42.5 Å². The highest BCUT2D eigenvalue weighted by atomic mass is 16.3. The van der Waals surface area contributed by atoms with Gasteiger partial charge in [0.2, 0.25) is 5.91 Å². The van der Waals surface area contributed by atoms with Crippen molar-refractivity contribution in [1.29, 1.82) is 0 Å². The van der Waals surface area contributed by atoms with Crippen molar-refractivity contribution in [2.45, 2.75) is 25.4 Å². The molecule has 1 saturated heterocycles. The summed E-state index contributed by atoms with van der Waals surface area (Å²) in [6.07, 6.45) is 6.76. The largest absolute Gasteiger partial charge is 0.387 e. The molecule has 1 aliphatic heterocycles. The smallest absolute Gasteiger partial charge is 0.226 e. The summed E-state index contributed by atoms with van der Waals surface area (Å²) in [5, 5.41) is 10.3. The fourth-order valence-electron chi connectivity index (χ4n) is 3.45. The molecule has 2 atom stereocenters. The Bertz CT molecular complexity index is 536. The number of benzene rings is 1. The number of hydrogen-bond donors (Lipinski definition) is 1. The monoisotopic (exact) mass is 314 g/mol. The predicted octanol–water partition coefficient (Wildman–Crippen LogP) is 2.22. The molecule has 4 nitrogen and oxygen atoms in total. The van der Waals surface area contributed by atoms with Crippen molar-refractivity contribution in [2.24, 2.45) is 5.92 Å². The van der Waals surface area contributed by atoms with Crippen molar-refractivity contribution in [2.75, 3.05) is 32.7 Å². The van der Waals surface area contributed by atoms with E-state index in [4.69, 9.17) is 0 Å². The van der Waals surface area contributed by atoms with Crippen LogP contribution in [0, 0.1) is 5.92 Å². The molecule has 1 aliphatic carbocycles. The maximum absolute atomic E-state index is 12.5. The van der Waals surface area contributed by atoms with Crippen LogP contribution in [-0.4, -0.2) is 53.5 Å². The molecule has 23 heavy (non-hydrogen) atoms. The van der Waals surface area contributed by atoms with Gasteiger partial charge in [-0.25, -0.2) is 0 Å². The van der Waals surface area contributed by atoms with Crippen LogP contribution < -0.4 is 0 Å². The highest BCUT2D eigenvalue weighted by molar-refractivity contribution is 5.79. The van der Waals surface area contributed by atoms with Crippen LogP contribution in [0.2, 0.25) is 0 Å². The number of rotatable bonds is 4. The van der Waals surface area contributed by atoms with E-state index in [1.54, 1.807) is 0 Å². The Morgan fingerprint density at radius 3 is 2.52 bits per heavy atom. The Labute approximate surface area is 138 Å². The quantitative estimate of drug-likeness (QED) is 0.867. The van der Waals surface area contributed by atoms with Crippen LogP contribution in [0.4, 0.5) is 0 Å². The molecule has 2 aliphatic rings. The fraction of sp³-hybridized carbons (Fsp3) is 0.526. The third kappa shape index (κ3) is 4.21. The van der Waals surface area contributed by atoms with E-state index in [1.807, 2.05) is 35.2 Å². The molecule has 1 heterocycles. The van der Waals surface area contributed by atoms with Gasteiger partial charge in [0, 0.05) is 38.6 Å². The summed E-state index contributed by atoms with van der Waals surface area (Å²) in [5.74, 6) is 0.499. The second-order valence-corrected chi connectivity index (χ2v) is 6.53. The molecule has 124 valence electrons. The number of piperazine rings is 1. The lowest BCUT2D eigenvalue weighted by Crippen LogP contribution is -2.51. The Kier molecular flexibility index (Phi) is 5.47. The number of aliphatic hydroxyl groups is 1. The minimum absolute atomic E-state index is 0.182. The maximum Gasteiger partial charge on any atom is 0.226 e. The molecule has 3 rings (SSSR count). The summed E-state index contributed by atoms with van der Waals surface area (Å²) in [6.45, 7) is 3.88. The van der Waals surface area contributed by atoms with Gasteiger partial charge in [-0.05, 0) is 24.8 Å². The highest BCUT2D eigenvalue weighted by Gasteiger charge is 2.27. The molecule has 0 aromatic heterocycles. The van der Waals surface area contributed by atoms with E-state index in [2.05, 4.69) is 17.1 Å². The molecule has 1 amide bonds. The van der Waals surface area contributed by atoms with Crippen molar-refractivity contribution >= 4 is 5.91 Å². The van der Waals surface area contributed by atoms with E-state index in [9.17, 15) is 9.90 Å². The second kappa shape index (κ2) is 7.75. The van der Waals surface area contributed by atoms with E-state index in [1.165, 1.54) is 0 Å². The van der Waals surface area contributed by atoms with Crippen LogP contribution in [0.1, 0.15) is 30.9 Å². The first-order valence-corrected chi connectivity index (χ1v) is 8.63. The van der Waals surface area contributed by atoms with Crippen LogP contribution >= 0.6 is 0 Å². The maximum atomic E-state index is 12.5. The molecule has 1 N–H and O–H groups in total. The van der Waals surface area contributed by atoms with Gasteiger partial charge in [-0.2, -0.15) is 0 Å². The van der Waals surface area contributed by atoms with Crippen molar-refractivity contribution in [3.05, 3.63) is 48.0 Å². The number of carbonyl (C=O) groups excluding carboxylic acids is 1. The SMILES string of the molecule is O=C([C@@H]1CC=CCC1)N1CCN(C[C@H](O)c2ccccc2)CC1. The van der Waals surface area contributed by atoms with Crippen LogP contribution in [0.25, 0.3) is 0 Å². The molecule has 0 saturated carbocycles. The molecule has 0 bridgehead atoms. The van der Waals surface area contributed by atoms with E-state index < -0.39 is 6.10 Å². The van der Waals surface area contributed by atoms with Gasteiger partial charge >= 0.3 is 0 Å². The Hall–Kier alpha value is -1.65. The van der Waals surface area contributed by atoms with Gasteiger partial charge < -0.3 is 10.0 Å². The normalized spacial score (nSPS) is 23.7. The summed E-state index contributed by atoms with van der Waals surface area (Å²) in [4.78, 5) is 16.8. The van der Waals surface area contributed by atoms with Crippen molar-refractivity contribution in [3.8, 4) is 0 Å². The Morgan fingerprint density at radius 2 is 1.87 bits per heavy atom. The summed E-state index contributed by atoms with van der Waals surface area (Å²) in [6, 6.07) is 9.78. The molecule has 0 spiro atoms. The van der Waals surface area contributed by atoms with Crippen molar-refractivity contribution < 1.29 is 9.90 Å². The summed E-state index contributed by atoms with van der Waals surface area (Å²) in [7, 11) is 0. The van der Waals surface area contributed by atoms with Gasteiger partial charge in [-0.15, -0.1) is 0 Å². The molecule has 0 radical (unpaired) electrons. The number of aliphatic hydroxyl groups excluding tert-OH is 1. The van der Waals surface area contributed by atoms with Crippen LogP contribution in [0.5, 0.6) is 0 Å². The third-order valence-electron chi connectivity index (χ3n) is 4.92. The van der Waals surface area contributed by atoms with E-state index >= 15 is 0 Å². The molecule has 1 aromatic carbocycles. The molecule has 1 fully saturated rings. The number of β-amino-alcohol motifs (C(OH)–C–C–N with tert-alkyl or cyclic N) is 1. The Balaban J connectivity index is 1.46. The molecule has 4 heteroatoms. The first kappa shape index (κ1) is 16.2. The zero-order valence-electron chi connectivity index (χ0n) is 13.6. The lowest BCUT2D eigenvalue weighted by molar-refractivity contribution is -0.137. The fourth-order valence-corrected chi connectivity index (χ4v) is 3.45. The summed E-state index contributed by atoms with van der Waals surface area (Å²) in [5.41, 5.74) is 0.958. The minimum atomic E-state index is -0.457. The van der Waals surface area contributed by atoms with E-state index in [0.29, 0.717) is 12.5 Å². The number of amides is 1. The number of nitrogens with zero attached hydrogens (tertiary/aromatic N) is 2. The lowest BCUT2D eigenvalue weighted by atomic mass is 9.93. The predicted molar refractivity (Wildman–Crippen MR) is 90.9 cm³/mol. The number of carbonyl (C=O) groups is 1. The van der Waals surface area contributed by atoms with Crippen molar-refractivity contribution in [1.82, 2.24) is 9.80 Å². The lowest BCUT2D eigenvalue weighted by Gasteiger charge is -2.37. The van der Waals surface area contributed by atoms with E-state index in [0.717, 1.165) is 51.0 Å². The zero-order valence-corrected chi connectivity index (χ0v) is 13.6. The van der Waals surface area contributed by atoms with Gasteiger partial charge in [0.05, 0.1) is 6.10 Å². The van der Waals surface area contributed by atoms with Gasteiger partial charge in [-0.1, -0.05) is 42.5 Å². The minimum Gasteiger partial charge on any atom is -0.387 e. The first-order valence-electron chi connectivity index (χ1n) is 8.63. The molecular weight excluding hydrogens is 288 g/mol. The third-order valence-corrected chi connectivity index (χ3v) is 4.92. The number of allylic oxidation sites excluding steroid dienone is 2. The van der Waals surface area contributed by atoms with Crippen molar-refractivity contribution in [3.63, 3.8) is 0 Å². The number of hydrogen-bond acceptors (Lipinski definition) is 3. The topological polar surface area (TPSA) is 43.8 Å². The van der Waals surface area contributed by atoms with Crippen LogP contribution in [-0.2, 0) is 4.79 Å². The van der Waals surface area contributed by atoms with Gasteiger partial charge in [0.25, 0.3) is 0 Å². The highest BCUT2D eigenvalue weighted by Crippen LogP contribution is 2.22. The standard InChI is InChI=1S/C19H26N2O2/c22-18(16-7-3-1-4-8-16)15-20-11-13-21(14-12-20)19(23)17-9-5-2-6-10-17/h1-5,7-8,17-18,22H,6,9-15H2/t17-,18+/m1/s1. The average Bonchev–Trinajstić information content (AvgIpc) is 2.63. The van der Waals surface area contributed by atoms with E-state index in [-0.39, 0.29) is 5.92 Å². The van der Waals surface area contributed by atoms with Gasteiger partial charge in [0.15, 0.2) is 0 Å². The van der Waals surface area contributed by atoms with Gasteiger partial charge in [0.1, 0.15) is 0 Å². The molecule has 1 aromatic rings. The Morgan fingerprint density at radius 1 is 1.13 bits per heavy atom. The van der Waals surface area contributed by atoms with Gasteiger partial charge in [-0.3, -0.25) is 9.69 Å². The first-order chi connectivity index (χ1) is 11.2. The second-order valence-electron chi connectivity index (χ2n) is 6.53.